The molecule has 0 spiro atoms. The molecule has 2 N–H and O–H groups in total. The van der Waals surface area contributed by atoms with Crippen LogP contribution in [-0.4, -0.2) is 22.6 Å². The lowest BCUT2D eigenvalue weighted by atomic mass is 10.3. The van der Waals surface area contributed by atoms with Crippen molar-refractivity contribution in [1.29, 1.82) is 0 Å². The number of anilines is 1. The Morgan fingerprint density at radius 2 is 1.90 bits per heavy atom. The summed E-state index contributed by atoms with van der Waals surface area (Å²) >= 11 is 0. The molecule has 0 fully saturated rings. The van der Waals surface area contributed by atoms with Crippen LogP contribution in [0.5, 0.6) is 5.75 Å². The van der Waals surface area contributed by atoms with Crippen LogP contribution in [0.3, 0.4) is 0 Å². The number of nitrogens with one attached hydrogen (secondary N) is 2. The molecule has 0 aliphatic heterocycles. The molecule has 21 heavy (non-hydrogen) atoms. The van der Waals surface area contributed by atoms with Gasteiger partial charge in [-0.3, -0.25) is 4.72 Å². The minimum Gasteiger partial charge on any atom is -0.497 e. The fraction of sp³-hybridized carbons (Fsp3) is 0.286. The number of benzene rings is 1. The van der Waals surface area contributed by atoms with Gasteiger partial charge in [0.25, 0.3) is 10.0 Å². The molecule has 114 valence electrons. The fourth-order valence-electron chi connectivity index (χ4n) is 1.92. The van der Waals surface area contributed by atoms with Gasteiger partial charge in [-0.2, -0.15) is 0 Å². The third-order valence-corrected chi connectivity index (χ3v) is 4.39. The molecule has 1 heterocycles. The van der Waals surface area contributed by atoms with Gasteiger partial charge in [-0.1, -0.05) is 0 Å². The molecular formula is C14H18N2O4S. The summed E-state index contributed by atoms with van der Waals surface area (Å²) in [6.07, 6.45) is 0. The van der Waals surface area contributed by atoms with Crippen LogP contribution in [-0.2, 0) is 16.6 Å². The second kappa shape index (κ2) is 6.19. The summed E-state index contributed by atoms with van der Waals surface area (Å²) in [6, 6.07) is 8.18. The third-order valence-electron chi connectivity index (χ3n) is 2.91. The third kappa shape index (κ3) is 3.56. The molecule has 7 heteroatoms. The smallest absolute Gasteiger partial charge is 0.265 e. The predicted molar refractivity (Wildman–Crippen MR) is 80.0 cm³/mol. The van der Waals surface area contributed by atoms with Gasteiger partial charge in [-0.15, -0.1) is 0 Å². The molecule has 0 aliphatic carbocycles. The van der Waals surface area contributed by atoms with Gasteiger partial charge in [0, 0.05) is 11.8 Å². The van der Waals surface area contributed by atoms with Gasteiger partial charge >= 0.3 is 0 Å². The maximum Gasteiger partial charge on any atom is 0.265 e. The summed E-state index contributed by atoms with van der Waals surface area (Å²) in [5.41, 5.74) is 0.464. The van der Waals surface area contributed by atoms with Crippen LogP contribution in [0.25, 0.3) is 0 Å². The molecule has 2 aromatic rings. The topological polar surface area (TPSA) is 80.6 Å². The zero-order valence-corrected chi connectivity index (χ0v) is 13.0. The summed E-state index contributed by atoms with van der Waals surface area (Å²) < 4.78 is 37.7. The first-order valence-corrected chi connectivity index (χ1v) is 7.85. The van der Waals surface area contributed by atoms with E-state index in [4.69, 9.17) is 9.15 Å². The van der Waals surface area contributed by atoms with E-state index in [1.54, 1.807) is 45.3 Å². The van der Waals surface area contributed by atoms with Crippen molar-refractivity contribution in [3.05, 3.63) is 41.9 Å². The van der Waals surface area contributed by atoms with Gasteiger partial charge in [0.2, 0.25) is 0 Å². The predicted octanol–water partition coefficient (Wildman–Crippen LogP) is 2.12. The Morgan fingerprint density at radius 1 is 1.24 bits per heavy atom. The van der Waals surface area contributed by atoms with Crippen molar-refractivity contribution in [2.45, 2.75) is 18.4 Å². The normalized spacial score (nSPS) is 11.4. The van der Waals surface area contributed by atoms with E-state index in [1.807, 2.05) is 0 Å². The van der Waals surface area contributed by atoms with Crippen LogP contribution in [0.1, 0.15) is 11.5 Å². The van der Waals surface area contributed by atoms with E-state index in [9.17, 15) is 8.42 Å². The quantitative estimate of drug-likeness (QED) is 0.854. The lowest BCUT2D eigenvalue weighted by molar-refractivity contribution is 0.415. The van der Waals surface area contributed by atoms with Crippen molar-refractivity contribution in [2.24, 2.45) is 0 Å². The highest BCUT2D eigenvalue weighted by Gasteiger charge is 2.21. The molecule has 6 nitrogen and oxygen atoms in total. The zero-order valence-electron chi connectivity index (χ0n) is 12.1. The monoisotopic (exact) mass is 310 g/mol. The van der Waals surface area contributed by atoms with E-state index >= 15 is 0 Å². The number of ether oxygens (including phenoxy) is 1. The number of aryl methyl sites for hydroxylation is 1. The standard InChI is InChI=1S/C14H18N2O4S/c1-10-14(8-13(20-10)9-15-2)21(17,18)16-11-4-6-12(19-3)7-5-11/h4-8,15-16H,9H2,1-3H3. The summed E-state index contributed by atoms with van der Waals surface area (Å²) in [4.78, 5) is 0.142. The minimum absolute atomic E-state index is 0.142. The number of furan rings is 1. The van der Waals surface area contributed by atoms with Gasteiger partial charge in [-0.05, 0) is 38.2 Å². The maximum absolute atomic E-state index is 12.4. The Kier molecular flexibility index (Phi) is 4.54. The molecule has 0 amide bonds. The molecule has 0 radical (unpaired) electrons. The van der Waals surface area contributed by atoms with Crippen LogP contribution < -0.4 is 14.8 Å². The SMILES string of the molecule is CNCc1cc(S(=O)(=O)Nc2ccc(OC)cc2)c(C)o1. The molecule has 0 atom stereocenters. The number of hydrogen-bond donors (Lipinski definition) is 2. The number of methoxy groups -OCH3 is 1. The Balaban J connectivity index is 2.24. The van der Waals surface area contributed by atoms with Crippen molar-refractivity contribution in [1.82, 2.24) is 5.32 Å². The second-order valence-corrected chi connectivity index (χ2v) is 6.15. The van der Waals surface area contributed by atoms with Gasteiger partial charge in [0.1, 0.15) is 22.2 Å². The second-order valence-electron chi connectivity index (χ2n) is 4.50. The van der Waals surface area contributed by atoms with Crippen LogP contribution in [0.15, 0.2) is 39.6 Å². The Labute approximate surface area is 124 Å². The lowest BCUT2D eigenvalue weighted by Crippen LogP contribution is -2.13. The number of sulfonamides is 1. The number of rotatable bonds is 6. The summed E-state index contributed by atoms with van der Waals surface area (Å²) in [5.74, 6) is 1.60. The van der Waals surface area contributed by atoms with Gasteiger partial charge in [0.15, 0.2) is 0 Å². The summed E-state index contributed by atoms with van der Waals surface area (Å²) in [5, 5.41) is 2.92. The van der Waals surface area contributed by atoms with Crippen molar-refractivity contribution in [3.63, 3.8) is 0 Å². The van der Waals surface area contributed by atoms with Gasteiger partial charge in [-0.25, -0.2) is 8.42 Å². The molecule has 1 aromatic carbocycles. The van der Waals surface area contributed by atoms with E-state index in [0.717, 1.165) is 0 Å². The Hall–Kier alpha value is -1.99. The largest absolute Gasteiger partial charge is 0.497 e. The molecule has 0 aliphatic rings. The van der Waals surface area contributed by atoms with Crippen molar-refractivity contribution >= 4 is 15.7 Å². The van der Waals surface area contributed by atoms with Crippen LogP contribution in [0, 0.1) is 6.92 Å². The molecule has 0 bridgehead atoms. The summed E-state index contributed by atoms with van der Waals surface area (Å²) in [7, 11) is -0.355. The van der Waals surface area contributed by atoms with Crippen LogP contribution >= 0.6 is 0 Å². The zero-order chi connectivity index (χ0) is 15.5. The summed E-state index contributed by atoms with van der Waals surface area (Å²) in [6.45, 7) is 2.10. The average Bonchev–Trinajstić information content (AvgIpc) is 2.81. The van der Waals surface area contributed by atoms with E-state index < -0.39 is 10.0 Å². The van der Waals surface area contributed by atoms with E-state index in [0.29, 0.717) is 29.5 Å². The van der Waals surface area contributed by atoms with Crippen LogP contribution in [0.2, 0.25) is 0 Å². The Bertz CT molecular complexity index is 705. The highest BCUT2D eigenvalue weighted by molar-refractivity contribution is 7.92. The van der Waals surface area contributed by atoms with Crippen LogP contribution in [0.4, 0.5) is 5.69 Å². The minimum atomic E-state index is -3.67. The lowest BCUT2D eigenvalue weighted by Gasteiger charge is -2.07. The fourth-order valence-corrected chi connectivity index (χ4v) is 3.18. The van der Waals surface area contributed by atoms with Crippen molar-refractivity contribution in [2.75, 3.05) is 18.9 Å². The molecular weight excluding hydrogens is 292 g/mol. The molecule has 0 saturated carbocycles. The average molecular weight is 310 g/mol. The van der Waals surface area contributed by atoms with Crippen molar-refractivity contribution in [3.8, 4) is 5.75 Å². The van der Waals surface area contributed by atoms with Gasteiger partial charge < -0.3 is 14.5 Å². The highest BCUT2D eigenvalue weighted by Crippen LogP contribution is 2.24. The maximum atomic E-state index is 12.4. The number of hydrogen-bond acceptors (Lipinski definition) is 5. The molecule has 0 saturated heterocycles. The molecule has 1 aromatic heterocycles. The highest BCUT2D eigenvalue weighted by atomic mass is 32.2. The Morgan fingerprint density at radius 3 is 2.48 bits per heavy atom. The van der Waals surface area contributed by atoms with Gasteiger partial charge in [0.05, 0.1) is 13.7 Å². The van der Waals surface area contributed by atoms with Crippen molar-refractivity contribution < 1.29 is 17.6 Å². The first-order chi connectivity index (χ1) is 9.96. The van der Waals surface area contributed by atoms with E-state index in [-0.39, 0.29) is 4.90 Å². The first kappa shape index (κ1) is 15.4. The molecule has 2 rings (SSSR count). The van der Waals surface area contributed by atoms with E-state index in [1.165, 1.54) is 6.07 Å². The van der Waals surface area contributed by atoms with E-state index in [2.05, 4.69) is 10.0 Å². The first-order valence-electron chi connectivity index (χ1n) is 6.37. The molecule has 0 unspecified atom stereocenters.